The van der Waals surface area contributed by atoms with Gasteiger partial charge in [-0.15, -0.1) is 10.2 Å². The van der Waals surface area contributed by atoms with Crippen molar-refractivity contribution in [3.8, 4) is 17.0 Å². The highest BCUT2D eigenvalue weighted by Gasteiger charge is 2.44. The molecular weight excluding hydrogens is 359 g/mol. The van der Waals surface area contributed by atoms with Crippen molar-refractivity contribution in [2.24, 2.45) is 0 Å². The van der Waals surface area contributed by atoms with Gasteiger partial charge in [0.25, 0.3) is 0 Å². The molecule has 27 heavy (non-hydrogen) atoms. The van der Waals surface area contributed by atoms with E-state index in [9.17, 15) is 23.4 Å². The molecule has 1 aromatic carbocycles. The highest BCUT2D eigenvalue weighted by molar-refractivity contribution is 5.73. The molecule has 1 fully saturated rings. The molecule has 1 aliphatic carbocycles. The Kier molecular flexibility index (Phi) is 3.89. The van der Waals surface area contributed by atoms with E-state index in [4.69, 9.17) is 0 Å². The zero-order valence-corrected chi connectivity index (χ0v) is 15.0. The quantitative estimate of drug-likeness (QED) is 0.837. The highest BCUT2D eigenvalue weighted by atomic mass is 19.4. The van der Waals surface area contributed by atoms with Gasteiger partial charge in [-0.25, -0.2) is 0 Å². The first-order chi connectivity index (χ1) is 12.6. The van der Waals surface area contributed by atoms with Gasteiger partial charge >= 0.3 is 6.18 Å². The van der Waals surface area contributed by atoms with Crippen LogP contribution in [0.25, 0.3) is 11.3 Å². The number of alkyl halides is 3. The van der Waals surface area contributed by atoms with Gasteiger partial charge in [-0.1, -0.05) is 0 Å². The normalized spacial score (nSPS) is 24.7. The lowest BCUT2D eigenvalue weighted by Crippen LogP contribution is -2.53. The molecule has 5 nitrogen and oxygen atoms in total. The number of aromatic nitrogens is 2. The Hall–Kier alpha value is -2.35. The molecule has 0 radical (unpaired) electrons. The first-order valence-electron chi connectivity index (χ1n) is 8.82. The van der Waals surface area contributed by atoms with Gasteiger partial charge in [-0.3, -0.25) is 0 Å². The van der Waals surface area contributed by atoms with E-state index in [1.165, 1.54) is 6.07 Å². The van der Waals surface area contributed by atoms with E-state index in [2.05, 4.69) is 15.1 Å². The summed E-state index contributed by atoms with van der Waals surface area (Å²) in [6, 6.07) is 3.11. The second-order valence-electron chi connectivity index (χ2n) is 7.71. The van der Waals surface area contributed by atoms with Crippen LogP contribution in [0.1, 0.15) is 36.5 Å². The van der Waals surface area contributed by atoms with Crippen LogP contribution in [0.3, 0.4) is 0 Å². The smallest absolute Gasteiger partial charge is 0.416 e. The van der Waals surface area contributed by atoms with E-state index in [0.717, 1.165) is 36.0 Å². The molecule has 0 unspecified atom stereocenters. The summed E-state index contributed by atoms with van der Waals surface area (Å²) in [4.78, 5) is 2.14. The fraction of sp³-hybridized carbons (Fsp3) is 0.474. The van der Waals surface area contributed by atoms with Crippen LogP contribution in [0.4, 0.5) is 19.0 Å². The van der Waals surface area contributed by atoms with Gasteiger partial charge in [0.05, 0.1) is 16.9 Å². The van der Waals surface area contributed by atoms with E-state index < -0.39 is 23.1 Å². The monoisotopic (exact) mass is 379 g/mol. The maximum atomic E-state index is 12.8. The van der Waals surface area contributed by atoms with E-state index in [1.807, 2.05) is 13.8 Å². The Morgan fingerprint density at radius 3 is 2.52 bits per heavy atom. The highest BCUT2D eigenvalue weighted by Crippen LogP contribution is 2.43. The van der Waals surface area contributed by atoms with Crippen LogP contribution in [-0.4, -0.2) is 38.6 Å². The molecule has 0 atom stereocenters. The first-order valence-corrected chi connectivity index (χ1v) is 8.82. The third kappa shape index (κ3) is 3.01. The maximum Gasteiger partial charge on any atom is 0.416 e. The van der Waals surface area contributed by atoms with Crippen LogP contribution in [0.15, 0.2) is 18.2 Å². The number of anilines is 1. The number of phenolic OH excluding ortho intramolecular Hbond substituents is 1. The van der Waals surface area contributed by atoms with Gasteiger partial charge in [-0.2, -0.15) is 13.2 Å². The number of rotatable bonds is 2. The van der Waals surface area contributed by atoms with Crippen LogP contribution in [0.5, 0.6) is 5.75 Å². The van der Waals surface area contributed by atoms with E-state index >= 15 is 0 Å². The lowest BCUT2D eigenvalue weighted by Gasteiger charge is -2.46. The third-order valence-electron chi connectivity index (χ3n) is 5.57. The van der Waals surface area contributed by atoms with Crippen molar-refractivity contribution in [2.75, 3.05) is 11.4 Å². The molecule has 0 saturated heterocycles. The Morgan fingerprint density at radius 2 is 1.93 bits per heavy atom. The number of halogens is 3. The van der Waals surface area contributed by atoms with Crippen molar-refractivity contribution >= 4 is 5.82 Å². The second-order valence-corrected chi connectivity index (χ2v) is 7.71. The SMILES string of the molecule is Cc1c(-c2ccc(C(F)(F)F)cc2O)nnc2c1CCN2C1CC(C)(O)C1. The topological polar surface area (TPSA) is 69.5 Å². The standard InChI is InChI=1S/C19H20F3N3O2/c1-10-13-5-6-25(12-8-18(2,27)9-12)17(13)24-23-16(10)14-4-3-11(7-15(14)26)19(20,21)22/h3-4,7,12,26-27H,5-6,8-9H2,1-2H3. The van der Waals surface area contributed by atoms with Crippen molar-refractivity contribution in [3.05, 3.63) is 34.9 Å². The summed E-state index contributed by atoms with van der Waals surface area (Å²) in [5, 5.41) is 28.6. The molecule has 1 aliphatic heterocycles. The van der Waals surface area contributed by atoms with Crippen molar-refractivity contribution in [1.29, 1.82) is 0 Å². The molecule has 2 heterocycles. The zero-order chi connectivity index (χ0) is 19.6. The molecule has 0 bridgehead atoms. The fourth-order valence-electron chi connectivity index (χ4n) is 4.11. The number of aliphatic hydroxyl groups is 1. The minimum absolute atomic E-state index is 0.222. The Labute approximate surface area is 154 Å². The molecule has 4 rings (SSSR count). The van der Waals surface area contributed by atoms with E-state index in [0.29, 0.717) is 24.6 Å². The molecular formula is C19H20F3N3O2. The van der Waals surface area contributed by atoms with Crippen molar-refractivity contribution < 1.29 is 23.4 Å². The summed E-state index contributed by atoms with van der Waals surface area (Å²) in [6.07, 6.45) is -2.41. The van der Waals surface area contributed by atoms with E-state index in [1.54, 1.807) is 0 Å². The number of benzene rings is 1. The number of nitrogens with zero attached hydrogens (tertiary/aromatic N) is 3. The Balaban J connectivity index is 1.67. The number of phenols is 1. The summed E-state index contributed by atoms with van der Waals surface area (Å²) in [7, 11) is 0. The van der Waals surface area contributed by atoms with E-state index in [-0.39, 0.29) is 11.6 Å². The molecule has 1 saturated carbocycles. The number of hydrogen-bond donors (Lipinski definition) is 2. The van der Waals surface area contributed by atoms with Crippen LogP contribution in [-0.2, 0) is 12.6 Å². The average molecular weight is 379 g/mol. The van der Waals surface area contributed by atoms with Crippen molar-refractivity contribution in [1.82, 2.24) is 10.2 Å². The summed E-state index contributed by atoms with van der Waals surface area (Å²) in [6.45, 7) is 4.43. The summed E-state index contributed by atoms with van der Waals surface area (Å²) >= 11 is 0. The van der Waals surface area contributed by atoms with Crippen LogP contribution in [0.2, 0.25) is 0 Å². The Morgan fingerprint density at radius 1 is 1.22 bits per heavy atom. The molecule has 0 spiro atoms. The van der Waals surface area contributed by atoms with Crippen molar-refractivity contribution in [2.45, 2.75) is 50.9 Å². The lowest BCUT2D eigenvalue weighted by molar-refractivity contribution is -0.137. The predicted molar refractivity (Wildman–Crippen MR) is 93.6 cm³/mol. The van der Waals surface area contributed by atoms with Gasteiger partial charge in [0, 0.05) is 23.7 Å². The molecule has 1 aromatic heterocycles. The van der Waals surface area contributed by atoms with Gasteiger partial charge in [0.15, 0.2) is 5.82 Å². The summed E-state index contributed by atoms with van der Waals surface area (Å²) in [5.74, 6) is 0.301. The zero-order valence-electron chi connectivity index (χ0n) is 15.0. The van der Waals surface area contributed by atoms with Gasteiger partial charge in [0.2, 0.25) is 0 Å². The second kappa shape index (κ2) is 5.82. The summed E-state index contributed by atoms with van der Waals surface area (Å²) < 4.78 is 38.4. The largest absolute Gasteiger partial charge is 0.507 e. The third-order valence-corrected chi connectivity index (χ3v) is 5.57. The van der Waals surface area contributed by atoms with Crippen LogP contribution in [0, 0.1) is 6.92 Å². The molecule has 2 aromatic rings. The summed E-state index contributed by atoms with van der Waals surface area (Å²) in [5.41, 5.74) is 0.887. The fourth-order valence-corrected chi connectivity index (χ4v) is 4.11. The van der Waals surface area contributed by atoms with Crippen molar-refractivity contribution in [3.63, 3.8) is 0 Å². The average Bonchev–Trinajstić information content (AvgIpc) is 2.97. The number of aromatic hydroxyl groups is 1. The lowest BCUT2D eigenvalue weighted by atomic mass is 9.76. The Bertz CT molecular complexity index is 904. The molecule has 2 N–H and O–H groups in total. The molecule has 0 amide bonds. The van der Waals surface area contributed by atoms with Crippen LogP contribution < -0.4 is 4.90 Å². The maximum absolute atomic E-state index is 12.8. The number of fused-ring (bicyclic) bond motifs is 1. The van der Waals surface area contributed by atoms with Gasteiger partial charge < -0.3 is 15.1 Å². The molecule has 144 valence electrons. The van der Waals surface area contributed by atoms with Gasteiger partial charge in [-0.05, 0) is 56.9 Å². The minimum atomic E-state index is -4.51. The van der Waals surface area contributed by atoms with Crippen LogP contribution >= 0.6 is 0 Å². The predicted octanol–water partition coefficient (Wildman–Crippen LogP) is 3.45. The molecule has 2 aliphatic rings. The van der Waals surface area contributed by atoms with Gasteiger partial charge in [0.1, 0.15) is 5.75 Å². The number of hydrogen-bond acceptors (Lipinski definition) is 5. The first kappa shape index (κ1) is 18.0. The minimum Gasteiger partial charge on any atom is -0.507 e. The molecule has 8 heteroatoms.